The van der Waals surface area contributed by atoms with E-state index in [4.69, 9.17) is 23.2 Å². The molecule has 0 aliphatic carbocycles. The monoisotopic (exact) mass is 433 g/mol. The largest absolute Gasteiger partial charge is 0.310 e. The van der Waals surface area contributed by atoms with E-state index in [0.717, 1.165) is 24.9 Å². The average Bonchev–Trinajstić information content (AvgIpc) is 2.49. The number of rotatable bonds is 6. The Labute approximate surface area is 150 Å². The highest BCUT2D eigenvalue weighted by Crippen LogP contribution is 2.29. The molecule has 1 N–H and O–H groups in total. The van der Waals surface area contributed by atoms with Crippen LogP contribution in [0.5, 0.6) is 0 Å². The van der Waals surface area contributed by atoms with E-state index in [2.05, 4.69) is 59.1 Å². The minimum absolute atomic E-state index is 0.248. The van der Waals surface area contributed by atoms with E-state index in [1.165, 1.54) is 9.13 Å². The number of nitrogens with one attached hydrogen (secondary N) is 1. The van der Waals surface area contributed by atoms with Gasteiger partial charge in [-0.2, -0.15) is 0 Å². The highest BCUT2D eigenvalue weighted by Gasteiger charge is 2.14. The Morgan fingerprint density at radius 1 is 1.10 bits per heavy atom. The lowest BCUT2D eigenvalue weighted by Gasteiger charge is -2.20. The average molecular weight is 434 g/mol. The summed E-state index contributed by atoms with van der Waals surface area (Å²) in [6, 6.07) is 14.7. The zero-order valence-corrected chi connectivity index (χ0v) is 15.5. The molecule has 2 aromatic carbocycles. The van der Waals surface area contributed by atoms with Gasteiger partial charge in [0, 0.05) is 9.61 Å². The predicted molar refractivity (Wildman–Crippen MR) is 100 cm³/mol. The second-order valence-corrected chi connectivity index (χ2v) is 7.01. The zero-order chi connectivity index (χ0) is 15.2. The van der Waals surface area contributed by atoms with Crippen LogP contribution in [0.1, 0.15) is 30.5 Å². The first kappa shape index (κ1) is 17.1. The van der Waals surface area contributed by atoms with Gasteiger partial charge >= 0.3 is 0 Å². The Morgan fingerprint density at radius 2 is 1.81 bits per heavy atom. The van der Waals surface area contributed by atoms with Gasteiger partial charge in [0.15, 0.2) is 0 Å². The van der Waals surface area contributed by atoms with Gasteiger partial charge in [-0.1, -0.05) is 54.4 Å². The molecule has 0 saturated heterocycles. The molecule has 0 bridgehead atoms. The smallest absolute Gasteiger partial charge is 0.0624 e. The Bertz CT molecular complexity index is 584. The Morgan fingerprint density at radius 3 is 2.48 bits per heavy atom. The number of benzene rings is 2. The van der Waals surface area contributed by atoms with Gasteiger partial charge in [0.1, 0.15) is 0 Å². The third-order valence-corrected chi connectivity index (χ3v) is 4.95. The molecule has 0 spiro atoms. The number of halogens is 3. The van der Waals surface area contributed by atoms with Crippen LogP contribution in [0.4, 0.5) is 0 Å². The van der Waals surface area contributed by atoms with Crippen molar-refractivity contribution < 1.29 is 0 Å². The van der Waals surface area contributed by atoms with E-state index in [1.807, 2.05) is 18.2 Å². The molecule has 0 radical (unpaired) electrons. The maximum Gasteiger partial charge on any atom is 0.0624 e. The molecule has 2 rings (SSSR count). The summed E-state index contributed by atoms with van der Waals surface area (Å²) in [5.41, 5.74) is 2.36. The Hall–Kier alpha value is -0.290. The molecule has 0 aliphatic heterocycles. The molecule has 0 heterocycles. The van der Waals surface area contributed by atoms with Crippen LogP contribution in [-0.4, -0.2) is 6.54 Å². The summed E-state index contributed by atoms with van der Waals surface area (Å²) in [5.74, 6) is 0. The molecule has 0 aromatic heterocycles. The van der Waals surface area contributed by atoms with Gasteiger partial charge in [-0.25, -0.2) is 0 Å². The van der Waals surface area contributed by atoms with Crippen molar-refractivity contribution in [3.8, 4) is 0 Å². The van der Waals surface area contributed by atoms with Crippen molar-refractivity contribution >= 4 is 45.8 Å². The van der Waals surface area contributed by atoms with Gasteiger partial charge < -0.3 is 5.32 Å². The van der Waals surface area contributed by atoms with Gasteiger partial charge in [-0.05, 0) is 71.3 Å². The fourth-order valence-corrected chi connectivity index (χ4v) is 3.00. The summed E-state index contributed by atoms with van der Waals surface area (Å²) >= 11 is 14.8. The van der Waals surface area contributed by atoms with E-state index in [9.17, 15) is 0 Å². The maximum atomic E-state index is 6.32. The van der Waals surface area contributed by atoms with Gasteiger partial charge in [-0.3, -0.25) is 0 Å². The molecular formula is C17H18Cl2IN. The van der Waals surface area contributed by atoms with Crippen LogP contribution in [0.2, 0.25) is 10.0 Å². The quantitative estimate of drug-likeness (QED) is 0.560. The number of hydrogen-bond donors (Lipinski definition) is 1. The highest BCUT2D eigenvalue weighted by atomic mass is 127. The van der Waals surface area contributed by atoms with Crippen molar-refractivity contribution in [2.75, 3.05) is 6.54 Å². The zero-order valence-electron chi connectivity index (χ0n) is 11.9. The molecule has 1 unspecified atom stereocenters. The van der Waals surface area contributed by atoms with E-state index in [1.54, 1.807) is 0 Å². The summed E-state index contributed by atoms with van der Waals surface area (Å²) in [5, 5.41) is 4.87. The van der Waals surface area contributed by atoms with E-state index < -0.39 is 0 Å². The second kappa shape index (κ2) is 8.37. The SMILES string of the molecule is CCCNC(Cc1cccc(Cl)c1Cl)c1ccc(I)cc1. The molecule has 0 aliphatic rings. The minimum Gasteiger partial charge on any atom is -0.310 e. The van der Waals surface area contributed by atoms with Crippen molar-refractivity contribution in [2.45, 2.75) is 25.8 Å². The lowest BCUT2D eigenvalue weighted by Crippen LogP contribution is -2.24. The first-order valence-electron chi connectivity index (χ1n) is 7.03. The van der Waals surface area contributed by atoms with Crippen molar-refractivity contribution in [1.82, 2.24) is 5.32 Å². The van der Waals surface area contributed by atoms with Crippen LogP contribution in [0, 0.1) is 3.57 Å². The fourth-order valence-electron chi connectivity index (χ4n) is 2.25. The third-order valence-electron chi connectivity index (χ3n) is 3.37. The summed E-state index contributed by atoms with van der Waals surface area (Å²) < 4.78 is 1.24. The van der Waals surface area contributed by atoms with Gasteiger partial charge in [0.2, 0.25) is 0 Å². The van der Waals surface area contributed by atoms with Crippen LogP contribution < -0.4 is 5.32 Å². The van der Waals surface area contributed by atoms with Crippen LogP contribution in [0.3, 0.4) is 0 Å². The molecule has 0 fully saturated rings. The van der Waals surface area contributed by atoms with Crippen LogP contribution in [0.25, 0.3) is 0 Å². The molecule has 2 aromatic rings. The van der Waals surface area contributed by atoms with Gasteiger partial charge in [0.25, 0.3) is 0 Å². The molecule has 4 heteroatoms. The minimum atomic E-state index is 0.248. The molecule has 0 amide bonds. The molecule has 1 atom stereocenters. The predicted octanol–water partition coefficient (Wildman–Crippen LogP) is 5.88. The van der Waals surface area contributed by atoms with Gasteiger partial charge in [0.05, 0.1) is 10.0 Å². The third kappa shape index (κ3) is 4.85. The van der Waals surface area contributed by atoms with Crippen LogP contribution >= 0.6 is 45.8 Å². The lowest BCUT2D eigenvalue weighted by atomic mass is 9.98. The van der Waals surface area contributed by atoms with E-state index in [-0.39, 0.29) is 6.04 Å². The molecule has 1 nitrogen and oxygen atoms in total. The van der Waals surface area contributed by atoms with Crippen molar-refractivity contribution in [3.63, 3.8) is 0 Å². The normalized spacial score (nSPS) is 12.4. The van der Waals surface area contributed by atoms with E-state index >= 15 is 0 Å². The van der Waals surface area contributed by atoms with Crippen molar-refractivity contribution in [1.29, 1.82) is 0 Å². The maximum absolute atomic E-state index is 6.32. The Kier molecular flexibility index (Phi) is 6.80. The topological polar surface area (TPSA) is 12.0 Å². The lowest BCUT2D eigenvalue weighted by molar-refractivity contribution is 0.529. The summed E-state index contributed by atoms with van der Waals surface area (Å²) in [6.45, 7) is 3.15. The first-order chi connectivity index (χ1) is 10.1. The van der Waals surface area contributed by atoms with E-state index in [0.29, 0.717) is 10.0 Å². The molecule has 21 heavy (non-hydrogen) atoms. The summed E-state index contributed by atoms with van der Waals surface area (Å²) in [6.07, 6.45) is 1.93. The standard InChI is InChI=1S/C17H18Cl2IN/c1-2-10-21-16(12-6-8-14(20)9-7-12)11-13-4-3-5-15(18)17(13)19/h3-9,16,21H,2,10-11H2,1H3. The summed E-state index contributed by atoms with van der Waals surface area (Å²) in [7, 11) is 0. The Balaban J connectivity index is 2.23. The van der Waals surface area contributed by atoms with Crippen molar-refractivity contribution in [2.24, 2.45) is 0 Å². The molecule has 0 saturated carbocycles. The fraction of sp³-hybridized carbons (Fsp3) is 0.294. The summed E-state index contributed by atoms with van der Waals surface area (Å²) in [4.78, 5) is 0. The second-order valence-electron chi connectivity index (χ2n) is 4.98. The van der Waals surface area contributed by atoms with Crippen LogP contribution in [-0.2, 0) is 6.42 Å². The first-order valence-corrected chi connectivity index (χ1v) is 8.87. The highest BCUT2D eigenvalue weighted by molar-refractivity contribution is 14.1. The molecular weight excluding hydrogens is 416 g/mol. The van der Waals surface area contributed by atoms with Crippen LogP contribution in [0.15, 0.2) is 42.5 Å². The molecule has 112 valence electrons. The van der Waals surface area contributed by atoms with Crippen molar-refractivity contribution in [3.05, 3.63) is 67.2 Å². The number of hydrogen-bond acceptors (Lipinski definition) is 1. The van der Waals surface area contributed by atoms with Gasteiger partial charge in [-0.15, -0.1) is 0 Å².